The van der Waals surface area contributed by atoms with Crippen molar-refractivity contribution in [1.29, 1.82) is 0 Å². The first-order chi connectivity index (χ1) is 31.4. The standard InChI is InChI=1S/C62H64BN3/c1-39-36-53-56-54(37-39)66-57-48(61(10)34-14-15-35-62(61,66)11)21-17-22-50(57)63(56)49-33-32-44(38-52(49)65(53)51-23-16-19-46-45-18-12-13-20-47(45)60(8,9)55(46)51)64(42-28-24-40(25-29-42)58(2,3)4)43-30-26-41(27-31-43)59(5,6)7/h12-13,16-33,36-38H,14-15,34-35H2,1-11H3. The molecule has 2 unspecified atom stereocenters. The minimum Gasteiger partial charge on any atom is -0.335 e. The highest BCUT2D eigenvalue weighted by Crippen LogP contribution is 2.62. The zero-order valence-electron chi connectivity index (χ0n) is 41.0. The van der Waals surface area contributed by atoms with Crippen molar-refractivity contribution < 1.29 is 0 Å². The number of para-hydroxylation sites is 1. The molecule has 7 aromatic rings. The third-order valence-corrected chi connectivity index (χ3v) is 17.1. The van der Waals surface area contributed by atoms with E-state index in [-0.39, 0.29) is 33.9 Å². The third-order valence-electron chi connectivity index (χ3n) is 17.1. The number of aryl methyl sites for hydroxylation is 1. The zero-order chi connectivity index (χ0) is 45.9. The summed E-state index contributed by atoms with van der Waals surface area (Å²) in [6, 6.07) is 54.6. The molecule has 1 saturated carbocycles. The van der Waals surface area contributed by atoms with Crippen LogP contribution in [0.2, 0.25) is 0 Å². The van der Waals surface area contributed by atoms with Crippen molar-refractivity contribution in [2.24, 2.45) is 0 Å². The van der Waals surface area contributed by atoms with Crippen LogP contribution in [0.1, 0.15) is 128 Å². The average Bonchev–Trinajstić information content (AvgIpc) is 3.66. The van der Waals surface area contributed by atoms with Crippen LogP contribution in [0.25, 0.3) is 11.1 Å². The first kappa shape index (κ1) is 41.4. The predicted molar refractivity (Wildman–Crippen MR) is 283 cm³/mol. The van der Waals surface area contributed by atoms with Gasteiger partial charge in [0.15, 0.2) is 0 Å². The number of nitrogens with zero attached hydrogens (tertiary/aromatic N) is 3. The lowest BCUT2D eigenvalue weighted by atomic mass is 9.33. The van der Waals surface area contributed by atoms with Crippen LogP contribution in [0.15, 0.2) is 140 Å². The van der Waals surface area contributed by atoms with Gasteiger partial charge in [0.2, 0.25) is 0 Å². The normalized spacial score (nSPS) is 20.6. The molecule has 3 heterocycles. The minimum atomic E-state index is -0.204. The summed E-state index contributed by atoms with van der Waals surface area (Å²) < 4.78 is 0. The van der Waals surface area contributed by atoms with Gasteiger partial charge in [0, 0.05) is 50.6 Å². The van der Waals surface area contributed by atoms with Gasteiger partial charge in [-0.25, -0.2) is 0 Å². The van der Waals surface area contributed by atoms with Crippen molar-refractivity contribution in [2.75, 3.05) is 14.7 Å². The summed E-state index contributed by atoms with van der Waals surface area (Å²) in [4.78, 5) is 8.04. The Morgan fingerprint density at radius 1 is 0.530 bits per heavy atom. The molecule has 2 aliphatic carbocycles. The molecule has 3 nitrogen and oxygen atoms in total. The van der Waals surface area contributed by atoms with E-state index in [0.29, 0.717) is 0 Å². The molecule has 5 aliphatic rings. The topological polar surface area (TPSA) is 9.72 Å². The van der Waals surface area contributed by atoms with E-state index in [1.165, 1.54) is 109 Å². The second kappa shape index (κ2) is 13.8. The van der Waals surface area contributed by atoms with Crippen molar-refractivity contribution >= 4 is 68.6 Å². The van der Waals surface area contributed by atoms with Gasteiger partial charge >= 0.3 is 0 Å². The Balaban J connectivity index is 1.15. The summed E-state index contributed by atoms with van der Waals surface area (Å²) >= 11 is 0. The fraction of sp³-hybridized carbons (Fsp3) is 0.323. The Morgan fingerprint density at radius 3 is 1.80 bits per heavy atom. The van der Waals surface area contributed by atoms with E-state index < -0.39 is 0 Å². The number of benzene rings is 7. The van der Waals surface area contributed by atoms with Gasteiger partial charge in [-0.15, -0.1) is 0 Å². The third kappa shape index (κ3) is 5.57. The molecule has 0 bridgehead atoms. The second-order valence-electron chi connectivity index (χ2n) is 23.4. The van der Waals surface area contributed by atoms with Crippen molar-refractivity contribution in [3.63, 3.8) is 0 Å². The summed E-state index contributed by atoms with van der Waals surface area (Å²) in [6.07, 6.45) is 4.96. The van der Waals surface area contributed by atoms with E-state index in [1.54, 1.807) is 5.56 Å². The molecule has 12 rings (SSSR count). The molecule has 0 N–H and O–H groups in total. The van der Waals surface area contributed by atoms with Crippen molar-refractivity contribution in [1.82, 2.24) is 0 Å². The molecule has 0 saturated heterocycles. The van der Waals surface area contributed by atoms with E-state index >= 15 is 0 Å². The zero-order valence-corrected chi connectivity index (χ0v) is 41.0. The highest BCUT2D eigenvalue weighted by molar-refractivity contribution is 7.00. The lowest BCUT2D eigenvalue weighted by Gasteiger charge is -2.53. The smallest absolute Gasteiger partial charge is 0.252 e. The lowest BCUT2D eigenvalue weighted by molar-refractivity contribution is 0.195. The number of rotatable bonds is 4. The quantitative estimate of drug-likeness (QED) is 0.163. The van der Waals surface area contributed by atoms with E-state index in [0.717, 1.165) is 17.1 Å². The molecule has 4 heteroatoms. The largest absolute Gasteiger partial charge is 0.335 e. The highest BCUT2D eigenvalue weighted by Gasteiger charge is 2.61. The van der Waals surface area contributed by atoms with Gasteiger partial charge in [-0.1, -0.05) is 160 Å². The summed E-state index contributed by atoms with van der Waals surface area (Å²) in [5.41, 5.74) is 25.4. The van der Waals surface area contributed by atoms with Gasteiger partial charge < -0.3 is 14.7 Å². The summed E-state index contributed by atoms with van der Waals surface area (Å²) in [5, 5.41) is 0. The first-order valence-corrected chi connectivity index (χ1v) is 24.7. The SMILES string of the molecule is Cc1cc2c3c(c1)N1c4c(cccc4C4(C)CCCCC14C)B3c1ccc(N(c3ccc(C(C)(C)C)cc3)c3ccc(C(C)(C)C)cc3)cc1N2c1cccc2c1C(C)(C)c1ccccc1-2. The second-order valence-corrected chi connectivity index (χ2v) is 23.4. The average molecular weight is 862 g/mol. The van der Waals surface area contributed by atoms with E-state index in [9.17, 15) is 0 Å². The van der Waals surface area contributed by atoms with Crippen LogP contribution >= 0.6 is 0 Å². The molecular formula is C62H64BN3. The van der Waals surface area contributed by atoms with Crippen LogP contribution in [-0.4, -0.2) is 12.3 Å². The molecule has 0 spiro atoms. The summed E-state index contributed by atoms with van der Waals surface area (Å²) in [7, 11) is 0. The molecule has 1 fully saturated rings. The fourth-order valence-corrected chi connectivity index (χ4v) is 13.5. The van der Waals surface area contributed by atoms with Gasteiger partial charge in [0.05, 0.1) is 11.2 Å². The lowest BCUT2D eigenvalue weighted by Crippen LogP contribution is -2.64. The number of hydrogen-bond acceptors (Lipinski definition) is 3. The van der Waals surface area contributed by atoms with E-state index in [1.807, 2.05) is 0 Å². The van der Waals surface area contributed by atoms with Crippen LogP contribution in [0, 0.1) is 6.92 Å². The predicted octanol–water partition coefficient (Wildman–Crippen LogP) is 14.7. The highest BCUT2D eigenvalue weighted by atomic mass is 15.3. The van der Waals surface area contributed by atoms with Gasteiger partial charge in [0.1, 0.15) is 0 Å². The van der Waals surface area contributed by atoms with E-state index in [2.05, 4.69) is 230 Å². The molecule has 0 amide bonds. The minimum absolute atomic E-state index is 0.0195. The van der Waals surface area contributed by atoms with Crippen LogP contribution in [0.3, 0.4) is 0 Å². The molecule has 330 valence electrons. The van der Waals surface area contributed by atoms with Crippen molar-refractivity contribution in [3.05, 3.63) is 173 Å². The Morgan fingerprint density at radius 2 is 1.12 bits per heavy atom. The van der Waals surface area contributed by atoms with Crippen LogP contribution in [0.5, 0.6) is 0 Å². The molecule has 0 aromatic heterocycles. The van der Waals surface area contributed by atoms with Crippen LogP contribution in [-0.2, 0) is 21.7 Å². The number of hydrogen-bond donors (Lipinski definition) is 0. The van der Waals surface area contributed by atoms with Crippen LogP contribution < -0.4 is 31.1 Å². The molecule has 7 aromatic carbocycles. The first-order valence-electron chi connectivity index (χ1n) is 24.7. The Labute approximate surface area is 394 Å². The number of fused-ring (bicyclic) bond motifs is 10. The molecule has 66 heavy (non-hydrogen) atoms. The van der Waals surface area contributed by atoms with Crippen LogP contribution in [0.4, 0.5) is 45.5 Å². The Hall–Kier alpha value is -6.00. The number of anilines is 8. The van der Waals surface area contributed by atoms with Crippen molar-refractivity contribution in [2.45, 2.75) is 129 Å². The Kier molecular flexibility index (Phi) is 8.65. The Bertz CT molecular complexity index is 3090. The van der Waals surface area contributed by atoms with Crippen molar-refractivity contribution in [3.8, 4) is 11.1 Å². The molecule has 0 radical (unpaired) electrons. The maximum absolute atomic E-state index is 2.86. The maximum Gasteiger partial charge on any atom is 0.252 e. The molecule has 2 atom stereocenters. The molecular weight excluding hydrogens is 798 g/mol. The van der Waals surface area contributed by atoms with Gasteiger partial charge in [-0.05, 0) is 153 Å². The maximum atomic E-state index is 2.86. The molecule has 3 aliphatic heterocycles. The fourth-order valence-electron chi connectivity index (χ4n) is 13.5. The summed E-state index contributed by atoms with van der Waals surface area (Å²) in [5.74, 6) is 0. The van der Waals surface area contributed by atoms with Gasteiger partial charge in [-0.3, -0.25) is 0 Å². The van der Waals surface area contributed by atoms with Gasteiger partial charge in [-0.2, -0.15) is 0 Å². The summed E-state index contributed by atoms with van der Waals surface area (Å²) in [6.45, 7) is 26.3. The van der Waals surface area contributed by atoms with Gasteiger partial charge in [0.25, 0.3) is 6.71 Å². The monoisotopic (exact) mass is 862 g/mol. The van der Waals surface area contributed by atoms with E-state index in [4.69, 9.17) is 0 Å².